The van der Waals surface area contributed by atoms with E-state index in [0.717, 1.165) is 25.7 Å². The molecule has 1 amide bonds. The van der Waals surface area contributed by atoms with Crippen LogP contribution in [0.5, 0.6) is 0 Å². The van der Waals surface area contributed by atoms with Crippen molar-refractivity contribution in [3.8, 4) is 0 Å². The van der Waals surface area contributed by atoms with Gasteiger partial charge in [-0.3, -0.25) is 4.79 Å². The number of hydrogen-bond acceptors (Lipinski definition) is 2. The number of amides is 1. The highest BCUT2D eigenvalue weighted by Crippen LogP contribution is 2.36. The SMILES string of the molecule is CC(C)(C)NC(=O)CCc1ccccc1CC1(N)CC1. The van der Waals surface area contributed by atoms with E-state index in [2.05, 4.69) is 23.5 Å². The third-order valence-corrected chi connectivity index (χ3v) is 3.69. The highest BCUT2D eigenvalue weighted by atomic mass is 16.1. The van der Waals surface area contributed by atoms with E-state index in [9.17, 15) is 4.79 Å². The average molecular weight is 274 g/mol. The van der Waals surface area contributed by atoms with Crippen LogP contribution in [0.25, 0.3) is 0 Å². The predicted octanol–water partition coefficient (Wildman–Crippen LogP) is 2.57. The molecule has 1 aromatic carbocycles. The summed E-state index contributed by atoms with van der Waals surface area (Å²) in [7, 11) is 0. The quantitative estimate of drug-likeness (QED) is 0.867. The van der Waals surface area contributed by atoms with Gasteiger partial charge in [-0.25, -0.2) is 0 Å². The summed E-state index contributed by atoms with van der Waals surface area (Å²) >= 11 is 0. The highest BCUT2D eigenvalue weighted by Gasteiger charge is 2.38. The van der Waals surface area contributed by atoms with Crippen molar-refractivity contribution >= 4 is 5.91 Å². The summed E-state index contributed by atoms with van der Waals surface area (Å²) in [5.41, 5.74) is 8.62. The molecule has 0 saturated heterocycles. The number of nitrogens with two attached hydrogens (primary N) is 1. The fraction of sp³-hybridized carbons (Fsp3) is 0.588. The second-order valence-electron chi connectivity index (χ2n) is 7.11. The second-order valence-corrected chi connectivity index (χ2v) is 7.11. The van der Waals surface area contributed by atoms with E-state index in [1.165, 1.54) is 11.1 Å². The van der Waals surface area contributed by atoms with Crippen molar-refractivity contribution in [2.45, 2.75) is 64.0 Å². The van der Waals surface area contributed by atoms with Crippen molar-refractivity contribution < 1.29 is 4.79 Å². The van der Waals surface area contributed by atoms with E-state index in [1.807, 2.05) is 26.8 Å². The number of hydrogen-bond donors (Lipinski definition) is 2. The summed E-state index contributed by atoms with van der Waals surface area (Å²) in [5, 5.41) is 3.01. The van der Waals surface area contributed by atoms with Gasteiger partial charge in [-0.15, -0.1) is 0 Å². The van der Waals surface area contributed by atoms with Gasteiger partial charge in [0.25, 0.3) is 0 Å². The van der Waals surface area contributed by atoms with Crippen molar-refractivity contribution in [2.24, 2.45) is 5.73 Å². The van der Waals surface area contributed by atoms with Crippen LogP contribution in [0.2, 0.25) is 0 Å². The summed E-state index contributed by atoms with van der Waals surface area (Å²) in [6.45, 7) is 6.01. The Bertz CT molecular complexity index is 484. The minimum Gasteiger partial charge on any atom is -0.351 e. The zero-order valence-electron chi connectivity index (χ0n) is 12.8. The van der Waals surface area contributed by atoms with Crippen molar-refractivity contribution in [2.75, 3.05) is 0 Å². The van der Waals surface area contributed by atoms with Crippen LogP contribution in [-0.4, -0.2) is 17.0 Å². The number of rotatable bonds is 5. The first-order valence-corrected chi connectivity index (χ1v) is 7.44. The van der Waals surface area contributed by atoms with Gasteiger partial charge in [0.1, 0.15) is 0 Å². The fourth-order valence-electron chi connectivity index (χ4n) is 2.42. The lowest BCUT2D eigenvalue weighted by atomic mass is 9.96. The van der Waals surface area contributed by atoms with Gasteiger partial charge in [0.05, 0.1) is 0 Å². The zero-order chi connectivity index (χ0) is 14.8. The number of carbonyl (C=O) groups excluding carboxylic acids is 1. The van der Waals surface area contributed by atoms with Crippen molar-refractivity contribution in [3.05, 3.63) is 35.4 Å². The van der Waals surface area contributed by atoms with Crippen LogP contribution in [0.1, 0.15) is 51.2 Å². The van der Waals surface area contributed by atoms with E-state index >= 15 is 0 Å². The van der Waals surface area contributed by atoms with Crippen LogP contribution in [0.4, 0.5) is 0 Å². The molecule has 1 aliphatic rings. The van der Waals surface area contributed by atoms with Crippen LogP contribution in [-0.2, 0) is 17.6 Å². The molecule has 0 radical (unpaired) electrons. The maximum atomic E-state index is 11.9. The summed E-state index contributed by atoms with van der Waals surface area (Å²) < 4.78 is 0. The van der Waals surface area contributed by atoms with Crippen LogP contribution < -0.4 is 11.1 Å². The van der Waals surface area contributed by atoms with E-state index in [-0.39, 0.29) is 17.0 Å². The lowest BCUT2D eigenvalue weighted by Gasteiger charge is -2.20. The van der Waals surface area contributed by atoms with E-state index in [0.29, 0.717) is 6.42 Å². The summed E-state index contributed by atoms with van der Waals surface area (Å²) in [5.74, 6) is 0.112. The van der Waals surface area contributed by atoms with Crippen molar-refractivity contribution in [1.29, 1.82) is 0 Å². The van der Waals surface area contributed by atoms with Gasteiger partial charge in [0, 0.05) is 17.5 Å². The smallest absolute Gasteiger partial charge is 0.220 e. The Hall–Kier alpha value is -1.35. The minimum atomic E-state index is -0.161. The van der Waals surface area contributed by atoms with Crippen LogP contribution >= 0.6 is 0 Å². The fourth-order valence-corrected chi connectivity index (χ4v) is 2.42. The number of carbonyl (C=O) groups is 1. The van der Waals surface area contributed by atoms with E-state index in [4.69, 9.17) is 5.73 Å². The molecule has 0 aromatic heterocycles. The molecule has 0 bridgehead atoms. The Morgan fingerprint density at radius 1 is 1.25 bits per heavy atom. The van der Waals surface area contributed by atoms with E-state index in [1.54, 1.807) is 0 Å². The number of benzene rings is 1. The zero-order valence-corrected chi connectivity index (χ0v) is 12.8. The molecule has 3 N–H and O–H groups in total. The Morgan fingerprint density at radius 2 is 1.85 bits per heavy atom. The normalized spacial score (nSPS) is 16.8. The maximum Gasteiger partial charge on any atom is 0.220 e. The van der Waals surface area contributed by atoms with Crippen molar-refractivity contribution in [1.82, 2.24) is 5.32 Å². The molecular weight excluding hydrogens is 248 g/mol. The largest absolute Gasteiger partial charge is 0.351 e. The first-order valence-electron chi connectivity index (χ1n) is 7.44. The van der Waals surface area contributed by atoms with Crippen LogP contribution in [0.3, 0.4) is 0 Å². The van der Waals surface area contributed by atoms with Gasteiger partial charge < -0.3 is 11.1 Å². The van der Waals surface area contributed by atoms with Crippen LogP contribution in [0, 0.1) is 0 Å². The number of nitrogens with one attached hydrogen (secondary N) is 1. The molecule has 2 rings (SSSR count). The molecule has 3 heteroatoms. The molecular formula is C17H26N2O. The molecule has 0 unspecified atom stereocenters. The summed E-state index contributed by atoms with van der Waals surface area (Å²) in [6, 6.07) is 8.35. The average Bonchev–Trinajstić information content (AvgIpc) is 3.03. The van der Waals surface area contributed by atoms with Crippen molar-refractivity contribution in [3.63, 3.8) is 0 Å². The molecule has 1 aromatic rings. The van der Waals surface area contributed by atoms with Gasteiger partial charge in [-0.2, -0.15) is 0 Å². The Morgan fingerprint density at radius 3 is 2.40 bits per heavy atom. The highest BCUT2D eigenvalue weighted by molar-refractivity contribution is 5.76. The van der Waals surface area contributed by atoms with Gasteiger partial charge in [0.15, 0.2) is 0 Å². The molecule has 0 aliphatic heterocycles. The molecule has 0 atom stereocenters. The Labute approximate surface area is 121 Å². The first-order chi connectivity index (χ1) is 9.27. The first kappa shape index (κ1) is 15.0. The van der Waals surface area contributed by atoms with Gasteiger partial charge >= 0.3 is 0 Å². The standard InChI is InChI=1S/C17H26N2O/c1-16(2,3)19-15(20)9-8-13-6-4-5-7-14(13)12-17(18)10-11-17/h4-7H,8-12,18H2,1-3H3,(H,19,20). The predicted molar refractivity (Wildman–Crippen MR) is 82.5 cm³/mol. The second kappa shape index (κ2) is 5.57. The number of aryl methyl sites for hydroxylation is 1. The van der Waals surface area contributed by atoms with Gasteiger partial charge in [-0.1, -0.05) is 24.3 Å². The van der Waals surface area contributed by atoms with Gasteiger partial charge in [0.2, 0.25) is 5.91 Å². The Kier molecular flexibility index (Phi) is 4.19. The molecule has 0 heterocycles. The van der Waals surface area contributed by atoms with E-state index < -0.39 is 0 Å². The monoisotopic (exact) mass is 274 g/mol. The lowest BCUT2D eigenvalue weighted by Crippen LogP contribution is -2.40. The molecule has 20 heavy (non-hydrogen) atoms. The molecule has 0 spiro atoms. The molecule has 1 aliphatic carbocycles. The summed E-state index contributed by atoms with van der Waals surface area (Å²) in [4.78, 5) is 11.9. The molecule has 3 nitrogen and oxygen atoms in total. The minimum absolute atomic E-state index is 0.0176. The lowest BCUT2D eigenvalue weighted by molar-refractivity contribution is -0.122. The maximum absolute atomic E-state index is 11.9. The third-order valence-electron chi connectivity index (χ3n) is 3.69. The molecule has 1 saturated carbocycles. The van der Waals surface area contributed by atoms with Crippen LogP contribution in [0.15, 0.2) is 24.3 Å². The summed E-state index contributed by atoms with van der Waals surface area (Å²) in [6.07, 6.45) is 4.49. The molecule has 1 fully saturated rings. The van der Waals surface area contributed by atoms with Gasteiger partial charge in [-0.05, 0) is 57.6 Å². The third kappa shape index (κ3) is 4.64. The topological polar surface area (TPSA) is 55.1 Å². The Balaban J connectivity index is 1.94. The molecule has 110 valence electrons.